The topological polar surface area (TPSA) is 149 Å². The lowest BCUT2D eigenvalue weighted by molar-refractivity contribution is 0.590. The zero-order valence-electron chi connectivity index (χ0n) is 18.6. The number of nitriles is 2. The molecule has 0 amide bonds. The normalized spacial score (nSPS) is 14.8. The Bertz CT molecular complexity index is 1340. The van der Waals surface area contributed by atoms with Gasteiger partial charge >= 0.3 is 0 Å². The third kappa shape index (κ3) is 4.02. The molecule has 4 rings (SSSR count). The van der Waals surface area contributed by atoms with Crippen LogP contribution in [0.4, 0.5) is 17.3 Å². The first kappa shape index (κ1) is 21.7. The van der Waals surface area contributed by atoms with Crippen molar-refractivity contribution in [2.75, 3.05) is 16.8 Å². The van der Waals surface area contributed by atoms with E-state index < -0.39 is 6.04 Å². The van der Waals surface area contributed by atoms with Gasteiger partial charge in [0.25, 0.3) is 0 Å². The second-order valence-electron chi connectivity index (χ2n) is 8.85. The average molecular weight is 437 g/mol. The third-order valence-electron chi connectivity index (χ3n) is 5.64. The Morgan fingerprint density at radius 1 is 1.03 bits per heavy atom. The first-order valence-corrected chi connectivity index (χ1v) is 10.4. The zero-order valence-corrected chi connectivity index (χ0v) is 18.6. The van der Waals surface area contributed by atoms with Crippen LogP contribution in [-0.2, 0) is 5.41 Å². The number of fused-ring (bicyclic) bond motifs is 1. The maximum absolute atomic E-state index is 9.50. The van der Waals surface area contributed by atoms with E-state index in [1.807, 2.05) is 36.5 Å². The molecule has 2 aromatic carbocycles. The van der Waals surface area contributed by atoms with Gasteiger partial charge in [-0.2, -0.15) is 10.5 Å². The standard InChI is InChI=1S/C25H24N8/c1-25(2,3)17-9-7-14(8-10-17)15-5-4-6-16(11-15)21-19-20(28)18(12-26)22(29)32-23(19)33-24(31-21)30-13-27/h4-11,21H,1-3H3,(H6,28,29,30,31,32,33). The Kier molecular flexibility index (Phi) is 5.37. The Morgan fingerprint density at radius 3 is 2.39 bits per heavy atom. The second-order valence-corrected chi connectivity index (χ2v) is 8.85. The Balaban J connectivity index is 1.83. The van der Waals surface area contributed by atoms with E-state index >= 15 is 0 Å². The van der Waals surface area contributed by atoms with Crippen molar-refractivity contribution in [1.82, 2.24) is 10.3 Å². The van der Waals surface area contributed by atoms with Crippen molar-refractivity contribution in [1.29, 1.82) is 10.5 Å². The lowest BCUT2D eigenvalue weighted by Gasteiger charge is -2.26. The summed E-state index contributed by atoms with van der Waals surface area (Å²) >= 11 is 0. The van der Waals surface area contributed by atoms with E-state index in [1.165, 1.54) is 5.56 Å². The number of guanidine groups is 1. The highest BCUT2D eigenvalue weighted by atomic mass is 15.2. The number of anilines is 3. The van der Waals surface area contributed by atoms with Crippen molar-refractivity contribution >= 4 is 23.3 Å². The van der Waals surface area contributed by atoms with Crippen LogP contribution in [0.3, 0.4) is 0 Å². The summed E-state index contributed by atoms with van der Waals surface area (Å²) in [4.78, 5) is 8.93. The minimum absolute atomic E-state index is 0.0193. The van der Waals surface area contributed by atoms with Crippen molar-refractivity contribution in [2.45, 2.75) is 32.2 Å². The van der Waals surface area contributed by atoms with Gasteiger partial charge in [-0.1, -0.05) is 63.2 Å². The van der Waals surface area contributed by atoms with Crippen molar-refractivity contribution in [3.05, 3.63) is 70.8 Å². The summed E-state index contributed by atoms with van der Waals surface area (Å²) in [5, 5.41) is 24.0. The van der Waals surface area contributed by atoms with Crippen LogP contribution in [-0.4, -0.2) is 10.9 Å². The van der Waals surface area contributed by atoms with Crippen LogP contribution in [0.2, 0.25) is 0 Å². The largest absolute Gasteiger partial charge is 0.397 e. The molecule has 33 heavy (non-hydrogen) atoms. The van der Waals surface area contributed by atoms with Gasteiger partial charge in [-0.3, -0.25) is 5.32 Å². The van der Waals surface area contributed by atoms with Gasteiger partial charge in [-0.25, -0.2) is 9.98 Å². The van der Waals surface area contributed by atoms with Crippen LogP contribution in [0, 0.1) is 22.8 Å². The lowest BCUT2D eigenvalue weighted by Crippen LogP contribution is -2.32. The van der Waals surface area contributed by atoms with Gasteiger partial charge in [0.05, 0.1) is 5.69 Å². The number of nitrogen functional groups attached to an aromatic ring is 2. The maximum atomic E-state index is 9.50. The first-order chi connectivity index (χ1) is 15.7. The molecule has 2 heterocycles. The summed E-state index contributed by atoms with van der Waals surface area (Å²) in [6.45, 7) is 6.55. The first-order valence-electron chi connectivity index (χ1n) is 10.4. The highest BCUT2D eigenvalue weighted by Gasteiger charge is 2.29. The molecule has 1 aliphatic heterocycles. The minimum Gasteiger partial charge on any atom is -0.397 e. The number of hydrogen-bond acceptors (Lipinski definition) is 8. The van der Waals surface area contributed by atoms with Gasteiger partial charge in [-0.15, -0.1) is 0 Å². The van der Waals surface area contributed by atoms with E-state index in [1.54, 1.807) is 0 Å². The molecule has 6 N–H and O–H groups in total. The van der Waals surface area contributed by atoms with Crippen LogP contribution in [0.5, 0.6) is 0 Å². The van der Waals surface area contributed by atoms with E-state index in [4.69, 9.17) is 16.7 Å². The SMILES string of the molecule is CC(C)(C)c1ccc(-c2cccc(C3N=C(NC#N)Nc4nc(N)c(C#N)c(N)c43)c2)cc1. The number of nitrogens with one attached hydrogen (secondary N) is 2. The van der Waals surface area contributed by atoms with Crippen molar-refractivity contribution in [2.24, 2.45) is 4.99 Å². The average Bonchev–Trinajstić information content (AvgIpc) is 2.78. The number of nitrogens with zero attached hydrogens (tertiary/aromatic N) is 4. The smallest absolute Gasteiger partial charge is 0.211 e. The van der Waals surface area contributed by atoms with E-state index in [-0.39, 0.29) is 28.4 Å². The molecule has 8 nitrogen and oxygen atoms in total. The Morgan fingerprint density at radius 2 is 1.76 bits per heavy atom. The molecule has 1 atom stereocenters. The summed E-state index contributed by atoms with van der Waals surface area (Å²) < 4.78 is 0. The molecular formula is C25H24N8. The highest BCUT2D eigenvalue weighted by molar-refractivity contribution is 5.98. The van der Waals surface area contributed by atoms with Crippen molar-refractivity contribution in [3.63, 3.8) is 0 Å². The second kappa shape index (κ2) is 8.18. The van der Waals surface area contributed by atoms with Gasteiger partial charge in [0.15, 0.2) is 6.19 Å². The maximum Gasteiger partial charge on any atom is 0.211 e. The molecule has 164 valence electrons. The molecule has 0 radical (unpaired) electrons. The van der Waals surface area contributed by atoms with Gasteiger partial charge in [0.2, 0.25) is 5.96 Å². The summed E-state index contributed by atoms with van der Waals surface area (Å²) in [6.07, 6.45) is 1.86. The van der Waals surface area contributed by atoms with Crippen molar-refractivity contribution < 1.29 is 0 Å². The van der Waals surface area contributed by atoms with Crippen LogP contribution >= 0.6 is 0 Å². The molecule has 1 aliphatic rings. The summed E-state index contributed by atoms with van der Waals surface area (Å²) in [5.41, 5.74) is 17.4. The third-order valence-corrected chi connectivity index (χ3v) is 5.64. The molecule has 0 bridgehead atoms. The number of rotatable bonds is 2. The number of benzene rings is 2. The summed E-state index contributed by atoms with van der Waals surface area (Å²) in [7, 11) is 0. The van der Waals surface area contributed by atoms with Gasteiger partial charge in [0.1, 0.15) is 29.3 Å². The van der Waals surface area contributed by atoms with E-state index in [9.17, 15) is 5.26 Å². The molecule has 0 saturated carbocycles. The molecular weight excluding hydrogens is 412 g/mol. The fourth-order valence-electron chi connectivity index (χ4n) is 3.87. The van der Waals surface area contributed by atoms with Crippen molar-refractivity contribution in [3.8, 4) is 23.4 Å². The predicted octanol–water partition coefficient (Wildman–Crippen LogP) is 4.02. The number of pyridine rings is 1. The number of aliphatic imine (C=N–C) groups is 1. The quantitative estimate of drug-likeness (QED) is 0.350. The van der Waals surface area contributed by atoms with Crippen LogP contribution < -0.4 is 22.1 Å². The van der Waals surface area contributed by atoms with E-state index in [0.717, 1.165) is 16.7 Å². The molecule has 1 aromatic heterocycles. The molecule has 0 fully saturated rings. The molecule has 0 aliphatic carbocycles. The molecule has 0 saturated heterocycles. The van der Waals surface area contributed by atoms with E-state index in [2.05, 4.69) is 65.6 Å². The van der Waals surface area contributed by atoms with Crippen LogP contribution in [0.15, 0.2) is 53.5 Å². The number of aromatic nitrogens is 1. The fourth-order valence-corrected chi connectivity index (χ4v) is 3.87. The molecule has 3 aromatic rings. The lowest BCUT2D eigenvalue weighted by atomic mass is 9.86. The van der Waals surface area contributed by atoms with Gasteiger partial charge in [-0.05, 0) is 33.7 Å². The highest BCUT2D eigenvalue weighted by Crippen LogP contribution is 2.41. The molecule has 1 unspecified atom stereocenters. The molecule has 0 spiro atoms. The minimum atomic E-state index is -0.578. The fraction of sp³-hybridized carbons (Fsp3) is 0.200. The summed E-state index contributed by atoms with van der Waals surface area (Å²) in [5.74, 6) is 0.610. The zero-order chi connectivity index (χ0) is 23.8. The monoisotopic (exact) mass is 436 g/mol. The van der Waals surface area contributed by atoms with Gasteiger partial charge < -0.3 is 16.8 Å². The Labute approximate surface area is 192 Å². The van der Waals surface area contributed by atoms with Gasteiger partial charge in [0, 0.05) is 5.56 Å². The van der Waals surface area contributed by atoms with E-state index in [0.29, 0.717) is 11.4 Å². The number of nitrogens with two attached hydrogens (primary N) is 2. The predicted molar refractivity (Wildman–Crippen MR) is 130 cm³/mol. The number of hydrogen-bond donors (Lipinski definition) is 4. The summed E-state index contributed by atoms with van der Waals surface area (Å²) in [6, 6.07) is 17.9. The molecule has 8 heteroatoms. The van der Waals surface area contributed by atoms with Crippen LogP contribution in [0.25, 0.3) is 11.1 Å². The Hall–Kier alpha value is -4.56. The van der Waals surface area contributed by atoms with Crippen LogP contribution in [0.1, 0.15) is 49.1 Å².